The van der Waals surface area contributed by atoms with Crippen LogP contribution < -0.4 is 4.72 Å². The third-order valence-corrected chi connectivity index (χ3v) is 4.20. The van der Waals surface area contributed by atoms with Gasteiger partial charge >= 0.3 is 5.97 Å². The topological polar surface area (TPSA) is 83.5 Å². The third kappa shape index (κ3) is 3.82. The monoisotopic (exact) mass is 305 g/mol. The Hall–Kier alpha value is -2.34. The summed E-state index contributed by atoms with van der Waals surface area (Å²) in [7, 11) is -3.67. The second-order valence-corrected chi connectivity index (χ2v) is 6.37. The van der Waals surface area contributed by atoms with Crippen LogP contribution in [0.25, 0.3) is 0 Å². The number of aromatic carboxylic acids is 1. The third-order valence-electron chi connectivity index (χ3n) is 2.95. The molecule has 0 fully saturated rings. The fourth-order valence-electron chi connectivity index (χ4n) is 2.03. The summed E-state index contributed by atoms with van der Waals surface area (Å²) in [6.07, 6.45) is 0. The van der Waals surface area contributed by atoms with Crippen LogP contribution >= 0.6 is 0 Å². The summed E-state index contributed by atoms with van der Waals surface area (Å²) in [6, 6.07) is 13.4. The molecule has 0 atom stereocenters. The molecular weight excluding hydrogens is 290 g/mol. The summed E-state index contributed by atoms with van der Waals surface area (Å²) in [5.74, 6) is -1.37. The zero-order valence-electron chi connectivity index (χ0n) is 11.4. The molecule has 6 heteroatoms. The zero-order chi connectivity index (χ0) is 15.5. The van der Waals surface area contributed by atoms with Gasteiger partial charge in [0, 0.05) is 0 Å². The number of hydrogen-bond donors (Lipinski definition) is 2. The molecule has 2 aromatic rings. The van der Waals surface area contributed by atoms with Crippen LogP contribution in [0, 0.1) is 6.92 Å². The van der Waals surface area contributed by atoms with Gasteiger partial charge in [-0.3, -0.25) is 4.72 Å². The summed E-state index contributed by atoms with van der Waals surface area (Å²) in [4.78, 5) is 11.3. The number of aryl methyl sites for hydroxylation is 1. The van der Waals surface area contributed by atoms with E-state index < -0.39 is 16.0 Å². The van der Waals surface area contributed by atoms with E-state index >= 15 is 0 Å². The number of carboxylic acids is 1. The molecule has 2 rings (SSSR count). The number of hydrogen-bond acceptors (Lipinski definition) is 3. The van der Waals surface area contributed by atoms with Gasteiger partial charge in [0.2, 0.25) is 10.0 Å². The number of anilines is 1. The Morgan fingerprint density at radius 1 is 1.10 bits per heavy atom. The van der Waals surface area contributed by atoms with Gasteiger partial charge in [-0.15, -0.1) is 0 Å². The van der Waals surface area contributed by atoms with E-state index in [1.54, 1.807) is 49.4 Å². The lowest BCUT2D eigenvalue weighted by Gasteiger charge is -2.12. The lowest BCUT2D eigenvalue weighted by atomic mass is 10.1. The predicted molar refractivity (Wildman–Crippen MR) is 80.8 cm³/mol. The van der Waals surface area contributed by atoms with Crippen LogP contribution in [0.15, 0.2) is 48.5 Å². The molecule has 0 aliphatic rings. The molecule has 0 bridgehead atoms. The van der Waals surface area contributed by atoms with Crippen molar-refractivity contribution in [2.75, 3.05) is 4.72 Å². The molecule has 21 heavy (non-hydrogen) atoms. The molecule has 2 N–H and O–H groups in total. The molecule has 0 saturated heterocycles. The Morgan fingerprint density at radius 3 is 2.38 bits per heavy atom. The standard InChI is InChI=1S/C15H15NO4S/c1-11-6-5-9-13(14(11)15(17)18)16-21(19,20)10-12-7-3-2-4-8-12/h2-9,16H,10H2,1H3,(H,17,18). The van der Waals surface area contributed by atoms with Crippen LogP contribution in [0.1, 0.15) is 21.5 Å². The van der Waals surface area contributed by atoms with Gasteiger partial charge in [-0.05, 0) is 24.1 Å². The van der Waals surface area contributed by atoms with E-state index in [0.717, 1.165) is 0 Å². The molecule has 0 aliphatic carbocycles. The Balaban J connectivity index is 2.29. The number of benzene rings is 2. The van der Waals surface area contributed by atoms with E-state index in [1.807, 2.05) is 0 Å². The lowest BCUT2D eigenvalue weighted by molar-refractivity contribution is 0.0697. The van der Waals surface area contributed by atoms with Gasteiger partial charge in [0.05, 0.1) is 17.0 Å². The van der Waals surface area contributed by atoms with E-state index in [4.69, 9.17) is 0 Å². The van der Waals surface area contributed by atoms with Gasteiger partial charge in [-0.25, -0.2) is 13.2 Å². The van der Waals surface area contributed by atoms with E-state index in [9.17, 15) is 18.3 Å². The van der Waals surface area contributed by atoms with Crippen molar-refractivity contribution in [2.24, 2.45) is 0 Å². The van der Waals surface area contributed by atoms with Gasteiger partial charge in [0.1, 0.15) is 0 Å². The largest absolute Gasteiger partial charge is 0.478 e. The molecule has 0 aromatic heterocycles. The summed E-state index contributed by atoms with van der Waals surface area (Å²) in [5, 5.41) is 9.20. The maximum atomic E-state index is 12.2. The fourth-order valence-corrected chi connectivity index (χ4v) is 3.24. The molecule has 0 unspecified atom stereocenters. The Bertz CT molecular complexity index is 754. The van der Waals surface area contributed by atoms with Crippen LogP contribution in [0.3, 0.4) is 0 Å². The number of nitrogens with one attached hydrogen (secondary N) is 1. The molecule has 0 heterocycles. The SMILES string of the molecule is Cc1cccc(NS(=O)(=O)Cc2ccccc2)c1C(=O)O. The minimum atomic E-state index is -3.67. The first-order chi connectivity index (χ1) is 9.89. The minimum Gasteiger partial charge on any atom is -0.478 e. The van der Waals surface area contributed by atoms with Crippen molar-refractivity contribution in [3.63, 3.8) is 0 Å². The van der Waals surface area contributed by atoms with Gasteiger partial charge in [0.15, 0.2) is 0 Å². The Labute approximate surface area is 123 Å². The maximum Gasteiger partial charge on any atom is 0.338 e. The highest BCUT2D eigenvalue weighted by molar-refractivity contribution is 7.91. The normalized spacial score (nSPS) is 11.1. The Kier molecular flexibility index (Phi) is 4.28. The van der Waals surface area contributed by atoms with Gasteiger partial charge < -0.3 is 5.11 Å². The number of carbonyl (C=O) groups is 1. The summed E-state index contributed by atoms with van der Waals surface area (Å²) in [5.41, 5.74) is 1.18. The van der Waals surface area contributed by atoms with E-state index in [2.05, 4.69) is 4.72 Å². The first kappa shape index (κ1) is 15.1. The molecule has 5 nitrogen and oxygen atoms in total. The summed E-state index contributed by atoms with van der Waals surface area (Å²) < 4.78 is 26.7. The molecule has 0 aliphatic heterocycles. The van der Waals surface area contributed by atoms with E-state index in [0.29, 0.717) is 11.1 Å². The van der Waals surface area contributed by atoms with Gasteiger partial charge in [0.25, 0.3) is 0 Å². The number of carboxylic acid groups (broad SMARTS) is 1. The van der Waals surface area contributed by atoms with Crippen LogP contribution in [0.5, 0.6) is 0 Å². The lowest BCUT2D eigenvalue weighted by Crippen LogP contribution is -2.17. The van der Waals surface area contributed by atoms with Crippen molar-refractivity contribution in [2.45, 2.75) is 12.7 Å². The van der Waals surface area contributed by atoms with E-state index in [1.165, 1.54) is 6.07 Å². The molecule has 0 radical (unpaired) electrons. The molecule has 0 saturated carbocycles. The Morgan fingerprint density at radius 2 is 1.76 bits per heavy atom. The molecule has 0 amide bonds. The van der Waals surface area contributed by atoms with Crippen molar-refractivity contribution in [1.82, 2.24) is 0 Å². The first-order valence-corrected chi connectivity index (χ1v) is 7.91. The minimum absolute atomic E-state index is 0.0332. The van der Waals surface area contributed by atoms with Gasteiger partial charge in [-0.2, -0.15) is 0 Å². The first-order valence-electron chi connectivity index (χ1n) is 6.26. The van der Waals surface area contributed by atoms with Crippen LogP contribution in [0.2, 0.25) is 0 Å². The second kappa shape index (κ2) is 5.97. The number of sulfonamides is 1. The highest BCUT2D eigenvalue weighted by Crippen LogP contribution is 2.21. The van der Waals surface area contributed by atoms with Crippen molar-refractivity contribution in [1.29, 1.82) is 0 Å². The molecule has 2 aromatic carbocycles. The van der Waals surface area contributed by atoms with Crippen molar-refractivity contribution < 1.29 is 18.3 Å². The maximum absolute atomic E-state index is 12.2. The van der Waals surface area contributed by atoms with Crippen LogP contribution in [0.4, 0.5) is 5.69 Å². The molecule has 110 valence electrons. The average molecular weight is 305 g/mol. The van der Waals surface area contributed by atoms with Crippen LogP contribution in [-0.2, 0) is 15.8 Å². The zero-order valence-corrected chi connectivity index (χ0v) is 12.2. The highest BCUT2D eigenvalue weighted by atomic mass is 32.2. The van der Waals surface area contributed by atoms with Crippen molar-refractivity contribution >= 4 is 21.7 Å². The summed E-state index contributed by atoms with van der Waals surface area (Å²) >= 11 is 0. The van der Waals surface area contributed by atoms with Crippen LogP contribution in [-0.4, -0.2) is 19.5 Å². The van der Waals surface area contributed by atoms with Crippen molar-refractivity contribution in [3.8, 4) is 0 Å². The highest BCUT2D eigenvalue weighted by Gasteiger charge is 2.18. The fraction of sp³-hybridized carbons (Fsp3) is 0.133. The van der Waals surface area contributed by atoms with Gasteiger partial charge in [-0.1, -0.05) is 42.5 Å². The molecule has 0 spiro atoms. The number of rotatable bonds is 5. The average Bonchev–Trinajstić information content (AvgIpc) is 2.38. The molecular formula is C15H15NO4S. The van der Waals surface area contributed by atoms with Crippen molar-refractivity contribution in [3.05, 3.63) is 65.2 Å². The second-order valence-electron chi connectivity index (χ2n) is 4.65. The quantitative estimate of drug-likeness (QED) is 0.889. The van der Waals surface area contributed by atoms with E-state index in [-0.39, 0.29) is 17.0 Å². The summed E-state index contributed by atoms with van der Waals surface area (Å²) in [6.45, 7) is 1.62. The smallest absolute Gasteiger partial charge is 0.338 e. The predicted octanol–water partition coefficient (Wildman–Crippen LogP) is 2.64.